The molecule has 2 aromatic rings. The van der Waals surface area contributed by atoms with E-state index >= 15 is 0 Å². The molecule has 1 amide bonds. The van der Waals surface area contributed by atoms with Gasteiger partial charge in [-0.05, 0) is 36.3 Å². The van der Waals surface area contributed by atoms with E-state index < -0.39 is 6.04 Å². The molecule has 4 heteroatoms. The Hall–Kier alpha value is -1.65. The summed E-state index contributed by atoms with van der Waals surface area (Å²) in [4.78, 5) is 15.6. The van der Waals surface area contributed by atoms with E-state index in [1.807, 2.05) is 40.6 Å². The van der Waals surface area contributed by atoms with Crippen molar-refractivity contribution in [3.8, 4) is 0 Å². The maximum absolute atomic E-state index is 12.7. The number of nitrogens with zero attached hydrogens (tertiary/aromatic N) is 1. The van der Waals surface area contributed by atoms with Gasteiger partial charge in [-0.2, -0.15) is 0 Å². The quantitative estimate of drug-likeness (QED) is 0.943. The Bertz CT molecular complexity index is 582. The van der Waals surface area contributed by atoms with Crippen molar-refractivity contribution in [2.75, 3.05) is 6.54 Å². The zero-order valence-electron chi connectivity index (χ0n) is 11.9. The average molecular weight is 300 g/mol. The molecule has 0 radical (unpaired) electrons. The van der Waals surface area contributed by atoms with Crippen LogP contribution in [0.25, 0.3) is 0 Å². The second-order valence-corrected chi connectivity index (χ2v) is 6.49. The third-order valence-corrected chi connectivity index (χ3v) is 5.05. The lowest BCUT2D eigenvalue weighted by atomic mass is 10.0. The number of carbonyl (C=O) groups is 1. The fraction of sp³-hybridized carbons (Fsp3) is 0.353. The second kappa shape index (κ2) is 6.41. The van der Waals surface area contributed by atoms with Crippen LogP contribution in [0.2, 0.25) is 0 Å². The van der Waals surface area contributed by atoms with E-state index in [-0.39, 0.29) is 11.9 Å². The number of thiophene rings is 1. The zero-order valence-corrected chi connectivity index (χ0v) is 12.8. The number of likely N-dealkylation sites (tertiary alicyclic amines) is 1. The van der Waals surface area contributed by atoms with Crippen LogP contribution in [0.3, 0.4) is 0 Å². The fourth-order valence-corrected chi connectivity index (χ4v) is 3.71. The van der Waals surface area contributed by atoms with Gasteiger partial charge in [0.1, 0.15) is 6.04 Å². The molecule has 2 N–H and O–H groups in total. The van der Waals surface area contributed by atoms with E-state index in [1.165, 1.54) is 5.56 Å². The molecule has 1 fully saturated rings. The van der Waals surface area contributed by atoms with Gasteiger partial charge in [0, 0.05) is 17.5 Å². The van der Waals surface area contributed by atoms with Crippen LogP contribution in [0.15, 0.2) is 47.8 Å². The van der Waals surface area contributed by atoms with Gasteiger partial charge in [-0.15, -0.1) is 11.3 Å². The smallest absolute Gasteiger partial charge is 0.245 e. The highest BCUT2D eigenvalue weighted by atomic mass is 32.1. The molecule has 2 heterocycles. The van der Waals surface area contributed by atoms with Gasteiger partial charge in [0.25, 0.3) is 0 Å². The minimum absolute atomic E-state index is 0.0656. The lowest BCUT2D eigenvalue weighted by Gasteiger charge is -2.27. The topological polar surface area (TPSA) is 46.3 Å². The third-order valence-electron chi connectivity index (χ3n) is 4.09. The number of hydrogen-bond donors (Lipinski definition) is 1. The van der Waals surface area contributed by atoms with Crippen LogP contribution in [0.4, 0.5) is 0 Å². The van der Waals surface area contributed by atoms with Gasteiger partial charge in [-0.1, -0.05) is 36.4 Å². The molecule has 1 aromatic carbocycles. The maximum Gasteiger partial charge on any atom is 0.245 e. The molecule has 1 saturated heterocycles. The molecule has 2 unspecified atom stereocenters. The summed E-state index contributed by atoms with van der Waals surface area (Å²) in [7, 11) is 0. The minimum Gasteiger partial charge on any atom is -0.338 e. The number of benzene rings is 1. The molecule has 1 aromatic heterocycles. The normalized spacial score (nSPS) is 19.7. The minimum atomic E-state index is -0.513. The lowest BCUT2D eigenvalue weighted by molar-refractivity contribution is -0.133. The summed E-state index contributed by atoms with van der Waals surface area (Å²) in [6, 6.07) is 14.0. The van der Waals surface area contributed by atoms with E-state index in [0.29, 0.717) is 0 Å². The van der Waals surface area contributed by atoms with Crippen molar-refractivity contribution < 1.29 is 4.79 Å². The second-order valence-electron chi connectivity index (χ2n) is 5.51. The van der Waals surface area contributed by atoms with E-state index in [1.54, 1.807) is 11.3 Å². The van der Waals surface area contributed by atoms with Crippen LogP contribution >= 0.6 is 11.3 Å². The highest BCUT2D eigenvalue weighted by molar-refractivity contribution is 7.10. The van der Waals surface area contributed by atoms with Crippen molar-refractivity contribution in [1.82, 2.24) is 4.90 Å². The Labute approximate surface area is 129 Å². The molecule has 1 aliphatic heterocycles. The van der Waals surface area contributed by atoms with Gasteiger partial charge in [0.15, 0.2) is 0 Å². The van der Waals surface area contributed by atoms with Crippen LogP contribution < -0.4 is 5.73 Å². The standard InChI is InChI=1S/C17H20N2OS/c18-16(15-9-5-11-21-15)17(20)19-10-4-8-14(19)12-13-6-2-1-3-7-13/h1-3,5-7,9,11,14,16H,4,8,10,12,18H2. The SMILES string of the molecule is NC(C(=O)N1CCCC1Cc1ccccc1)c1cccs1. The first-order valence-electron chi connectivity index (χ1n) is 7.39. The van der Waals surface area contributed by atoms with E-state index in [4.69, 9.17) is 5.73 Å². The highest BCUT2D eigenvalue weighted by Crippen LogP contribution is 2.26. The van der Waals surface area contributed by atoms with Crippen molar-refractivity contribution in [2.24, 2.45) is 5.73 Å². The summed E-state index contributed by atoms with van der Waals surface area (Å²) in [5, 5.41) is 1.97. The lowest BCUT2D eigenvalue weighted by Crippen LogP contribution is -2.42. The van der Waals surface area contributed by atoms with Crippen LogP contribution in [0.5, 0.6) is 0 Å². The monoisotopic (exact) mass is 300 g/mol. The van der Waals surface area contributed by atoms with E-state index in [2.05, 4.69) is 12.1 Å². The predicted octanol–water partition coefficient (Wildman–Crippen LogP) is 2.98. The molecule has 1 aliphatic rings. The summed E-state index contributed by atoms with van der Waals surface area (Å²) in [6.07, 6.45) is 3.06. The summed E-state index contributed by atoms with van der Waals surface area (Å²) >= 11 is 1.55. The molecular formula is C17H20N2OS. The molecule has 2 atom stereocenters. The Kier molecular flexibility index (Phi) is 4.36. The van der Waals surface area contributed by atoms with Crippen LogP contribution in [0.1, 0.15) is 29.3 Å². The van der Waals surface area contributed by atoms with Gasteiger partial charge < -0.3 is 10.6 Å². The van der Waals surface area contributed by atoms with Gasteiger partial charge in [-0.3, -0.25) is 4.79 Å². The molecule has 0 spiro atoms. The number of hydrogen-bond acceptors (Lipinski definition) is 3. The number of amides is 1. The van der Waals surface area contributed by atoms with Gasteiger partial charge >= 0.3 is 0 Å². The number of carbonyl (C=O) groups excluding carboxylic acids is 1. The summed E-state index contributed by atoms with van der Waals surface area (Å²) in [5.41, 5.74) is 7.42. The first-order chi connectivity index (χ1) is 10.3. The van der Waals surface area contributed by atoms with Gasteiger partial charge in [-0.25, -0.2) is 0 Å². The average Bonchev–Trinajstić information content (AvgIpc) is 3.18. The number of nitrogens with two attached hydrogens (primary N) is 1. The highest BCUT2D eigenvalue weighted by Gasteiger charge is 2.32. The molecule has 110 valence electrons. The molecule has 3 rings (SSSR count). The predicted molar refractivity (Wildman–Crippen MR) is 86.1 cm³/mol. The van der Waals surface area contributed by atoms with Gasteiger partial charge in [0.05, 0.1) is 0 Å². The molecule has 0 aliphatic carbocycles. The van der Waals surface area contributed by atoms with Gasteiger partial charge in [0.2, 0.25) is 5.91 Å². The van der Waals surface area contributed by atoms with Crippen LogP contribution in [-0.2, 0) is 11.2 Å². The largest absolute Gasteiger partial charge is 0.338 e. The first-order valence-corrected chi connectivity index (χ1v) is 8.27. The van der Waals surface area contributed by atoms with E-state index in [0.717, 1.165) is 30.7 Å². The van der Waals surface area contributed by atoms with Crippen LogP contribution in [0, 0.1) is 0 Å². The Balaban J connectivity index is 1.70. The van der Waals surface area contributed by atoms with Crippen molar-refractivity contribution in [1.29, 1.82) is 0 Å². The summed E-state index contributed by atoms with van der Waals surface area (Å²) < 4.78 is 0. The van der Waals surface area contributed by atoms with Crippen molar-refractivity contribution in [3.05, 3.63) is 58.3 Å². The maximum atomic E-state index is 12.7. The molecule has 0 bridgehead atoms. The Morgan fingerprint density at radius 1 is 1.29 bits per heavy atom. The van der Waals surface area contributed by atoms with E-state index in [9.17, 15) is 4.79 Å². The Morgan fingerprint density at radius 2 is 2.10 bits per heavy atom. The molecule has 0 saturated carbocycles. The zero-order chi connectivity index (χ0) is 14.7. The van der Waals surface area contributed by atoms with Crippen molar-refractivity contribution in [2.45, 2.75) is 31.3 Å². The molecule has 3 nitrogen and oxygen atoms in total. The first kappa shape index (κ1) is 14.3. The summed E-state index contributed by atoms with van der Waals surface area (Å²) in [5.74, 6) is 0.0656. The van der Waals surface area contributed by atoms with Crippen LogP contribution in [-0.4, -0.2) is 23.4 Å². The fourth-order valence-electron chi connectivity index (χ4n) is 2.99. The third kappa shape index (κ3) is 3.17. The molecule has 21 heavy (non-hydrogen) atoms. The molecular weight excluding hydrogens is 280 g/mol. The van der Waals surface area contributed by atoms with Crippen molar-refractivity contribution in [3.63, 3.8) is 0 Å². The summed E-state index contributed by atoms with van der Waals surface area (Å²) in [6.45, 7) is 0.829. The van der Waals surface area contributed by atoms with Crippen molar-refractivity contribution >= 4 is 17.2 Å². The Morgan fingerprint density at radius 3 is 2.81 bits per heavy atom. The number of rotatable bonds is 4.